The zero-order valence-corrected chi connectivity index (χ0v) is 70.7. The Bertz CT molecular complexity index is 5200. The van der Waals surface area contributed by atoms with Gasteiger partial charge in [-0.15, -0.1) is 12.4 Å². The maximum absolute atomic E-state index is 12.6. The van der Waals surface area contributed by atoms with Crippen molar-refractivity contribution in [2.45, 2.75) is 221 Å². The number of nitrogens with one attached hydrogen (secondary N) is 1. The number of carboxylic acids is 1. The van der Waals surface area contributed by atoms with Crippen molar-refractivity contribution in [2.75, 3.05) is 49.8 Å². The van der Waals surface area contributed by atoms with E-state index >= 15 is 0 Å². The number of methoxy groups -OCH3 is 1. The summed E-state index contributed by atoms with van der Waals surface area (Å²) in [5.41, 5.74) is 12.5. The summed E-state index contributed by atoms with van der Waals surface area (Å²) in [7, 11) is 1.46. The Labute approximate surface area is 711 Å². The number of aromatic carboxylic acids is 1. The van der Waals surface area contributed by atoms with Crippen molar-refractivity contribution in [1.29, 1.82) is 0 Å². The quantitative estimate of drug-likeness (QED) is 0.0504. The number of benzene rings is 5. The summed E-state index contributed by atoms with van der Waals surface area (Å²) in [6.07, 6.45) is 23.8. The lowest BCUT2D eigenvalue weighted by atomic mass is 9.90. The van der Waals surface area contributed by atoms with E-state index in [0.717, 1.165) is 210 Å². The van der Waals surface area contributed by atoms with E-state index in [9.17, 15) is 14.7 Å². The van der Waals surface area contributed by atoms with Crippen molar-refractivity contribution in [3.63, 3.8) is 0 Å². The maximum atomic E-state index is 12.6. The monoisotopic (exact) mass is 1730 g/mol. The van der Waals surface area contributed by atoms with Crippen LogP contribution in [0.15, 0.2) is 92.4 Å². The molecule has 115 heavy (non-hydrogen) atoms. The number of thiazole rings is 2. The van der Waals surface area contributed by atoms with Crippen molar-refractivity contribution in [3.05, 3.63) is 165 Å². The molecule has 10 atom stereocenters. The van der Waals surface area contributed by atoms with E-state index in [1.54, 1.807) is 28.7 Å². The SMILES string of the molecule is COC(=O)c1cc(C2CCCCCC2)c2nc(N3C[C@@H]4C[C@H]3C[C@H]4OCc3c(-c4c(Cl)cccc4Cl)noc3C3CC3)sc2c1.Cl.Clc1cccc(Cl)c1-c1noc(C2CC2)c1CO[C@@H]1C[C@@H]2C[C@H]1CN2.O=C(O)c1cc(C2CCCOCC2)c2nc(N3C[C@@H]4C[C@H]3C[C@H]4OCc3c(-c4c(Cl)cccc4Cl)noc3C3CC3)sc2c1. The van der Waals surface area contributed by atoms with Gasteiger partial charge < -0.3 is 57.5 Å². The third-order valence-corrected chi connectivity index (χ3v) is 29.8. The first-order valence-corrected chi connectivity index (χ1v) is 44.7. The van der Waals surface area contributed by atoms with Crippen LogP contribution in [0.2, 0.25) is 30.1 Å². The van der Waals surface area contributed by atoms with Gasteiger partial charge in [0.2, 0.25) is 0 Å². The van der Waals surface area contributed by atoms with Crippen molar-refractivity contribution >= 4 is 147 Å². The third kappa shape index (κ3) is 16.4. The number of anilines is 2. The van der Waals surface area contributed by atoms with Crippen molar-refractivity contribution in [2.24, 2.45) is 17.8 Å². The van der Waals surface area contributed by atoms with Crippen LogP contribution >= 0.6 is 105 Å². The highest BCUT2D eigenvalue weighted by Gasteiger charge is 2.50. The molecule has 10 aromatic rings. The largest absolute Gasteiger partial charge is 0.478 e. The van der Waals surface area contributed by atoms with Gasteiger partial charge in [-0.05, 0) is 199 Å². The average molecular weight is 1740 g/mol. The molecule has 606 valence electrons. The molecule has 7 saturated carbocycles. The molecule has 0 radical (unpaired) electrons. The number of piperidine rings is 3. The smallest absolute Gasteiger partial charge is 0.337 e. The Morgan fingerprint density at radius 1 is 0.496 bits per heavy atom. The number of carbonyl (C=O) groups is 2. The predicted molar refractivity (Wildman–Crippen MR) is 452 cm³/mol. The lowest BCUT2D eigenvalue weighted by Gasteiger charge is -2.31. The fourth-order valence-corrected chi connectivity index (χ4v) is 23.5. The Kier molecular flexibility index (Phi) is 23.8. The van der Waals surface area contributed by atoms with Gasteiger partial charge in [0.05, 0.1) is 107 Å². The van der Waals surface area contributed by atoms with Crippen LogP contribution in [0.4, 0.5) is 10.3 Å². The maximum Gasteiger partial charge on any atom is 0.337 e. The number of esters is 1. The number of halogens is 7. The summed E-state index contributed by atoms with van der Waals surface area (Å²) in [6.45, 7) is 5.67. The highest BCUT2D eigenvalue weighted by atomic mass is 35.5. The highest BCUT2D eigenvalue weighted by Crippen LogP contribution is 2.54. The Balaban J connectivity index is 0.000000124. The molecule has 0 spiro atoms. The van der Waals surface area contributed by atoms with Crippen LogP contribution in [0.25, 0.3) is 54.2 Å². The molecule has 1 unspecified atom stereocenters. The number of nitrogens with zero attached hydrogens (tertiary/aromatic N) is 7. The molecule has 4 aliphatic heterocycles. The van der Waals surface area contributed by atoms with Gasteiger partial charge >= 0.3 is 11.9 Å². The van der Waals surface area contributed by atoms with Crippen LogP contribution < -0.4 is 15.1 Å². The van der Waals surface area contributed by atoms with E-state index in [1.165, 1.54) is 44.8 Å². The molecule has 0 amide bonds. The number of fused-ring (bicyclic) bond motifs is 8. The Morgan fingerprint density at radius 3 is 1.30 bits per heavy atom. The van der Waals surface area contributed by atoms with Gasteiger partial charge in [0.1, 0.15) is 34.4 Å². The van der Waals surface area contributed by atoms with Gasteiger partial charge in [0, 0.05) is 114 Å². The molecule has 5 aromatic carbocycles. The zero-order valence-electron chi connectivity index (χ0n) is 63.7. The number of carboxylic acid groups (broad SMARTS) is 1. The minimum Gasteiger partial charge on any atom is -0.478 e. The summed E-state index contributed by atoms with van der Waals surface area (Å²) in [4.78, 5) is 39.9. The first kappa shape index (κ1) is 80.0. The average Bonchev–Trinajstić information content (AvgIpc) is 1.46. The van der Waals surface area contributed by atoms with E-state index in [4.69, 9.17) is 117 Å². The van der Waals surface area contributed by atoms with Crippen LogP contribution in [0.1, 0.15) is 230 Å². The lowest BCUT2D eigenvalue weighted by Crippen LogP contribution is -2.38. The number of ether oxygens (including phenoxy) is 5. The molecule has 6 bridgehead atoms. The van der Waals surface area contributed by atoms with Crippen LogP contribution in [0.5, 0.6) is 0 Å². The molecule has 2 N–H and O–H groups in total. The van der Waals surface area contributed by atoms with E-state index in [-0.39, 0.29) is 36.5 Å². The predicted octanol–water partition coefficient (Wildman–Crippen LogP) is 23.1. The van der Waals surface area contributed by atoms with Gasteiger partial charge in [0.25, 0.3) is 0 Å². The summed E-state index contributed by atoms with van der Waals surface area (Å²) in [6, 6.07) is 25.5. The Hall–Kier alpha value is -6.12. The number of aromatic nitrogens is 5. The zero-order chi connectivity index (χ0) is 77.6. The van der Waals surface area contributed by atoms with Crippen LogP contribution in [0.3, 0.4) is 0 Å². The molecule has 7 aliphatic carbocycles. The standard InChI is InChI=1S/C35H37Cl2N3O4S.C33H33Cl2N3O5S.C19H20Cl2N2O2.ClH/c1-42-34(41)21-14-24(19-7-4-2-3-5-8-19)31-29(15-21)45-35(38-31)40-17-22-13-23(40)16-28(22)43-18-25-32(39-44-33(25)20-11-12-20)30-26(36)9-6-10-27(30)37;34-24-4-1-5-25(35)28(24)30-23(31(43-37-30)18-6-7-18)16-42-26-14-21-11-20(26)15-38(21)33-36-29-22(17-3-2-9-41-10-8-17)12-19(32(39)40)13-27(29)44-33;20-14-2-1-3-15(21)17(14)18-13(19(25-23-18)10-4-5-10)9-24-16-7-12-6-11(16)8-22-12;/h6,9-10,14-15,19-20,22-23,28H,2-5,7-8,11-13,16-18H2,1H3;1,4-5,12-13,17-18,20-21,26H,2-3,6-11,14-16H2,(H,39,40);1-3,10-12,16,22H,4-9H2;1H/t22-,23-,28+;17?,20-,21-,26+;11-,12-,16+;/m000./s1. The molecular weight excluding hydrogens is 1650 g/mol. The Morgan fingerprint density at radius 2 is 0.913 bits per heavy atom. The van der Waals surface area contributed by atoms with Crippen molar-refractivity contribution in [3.8, 4) is 33.8 Å². The van der Waals surface area contributed by atoms with Crippen molar-refractivity contribution in [1.82, 2.24) is 30.8 Å². The van der Waals surface area contributed by atoms with Gasteiger partial charge in [-0.2, -0.15) is 0 Å². The number of hydrogen-bond acceptors (Lipinski definition) is 20. The second kappa shape index (κ2) is 34.2. The summed E-state index contributed by atoms with van der Waals surface area (Å²) in [5, 5.41) is 32.0. The molecule has 21 rings (SSSR count). The second-order valence-corrected chi connectivity index (χ2v) is 37.7. The van der Waals surface area contributed by atoms with Crippen LogP contribution in [0, 0.1) is 17.8 Å². The molecule has 5 aromatic heterocycles. The van der Waals surface area contributed by atoms with Crippen LogP contribution in [-0.4, -0.2) is 119 Å². The van der Waals surface area contributed by atoms with E-state index in [0.29, 0.717) is 156 Å². The fraction of sp³-hybridized carbons (Fsp3) is 0.506. The number of hydrogen-bond donors (Lipinski definition) is 2. The highest BCUT2D eigenvalue weighted by molar-refractivity contribution is 7.22. The van der Waals surface area contributed by atoms with Gasteiger partial charge in [-0.1, -0.05) is 152 Å². The molecule has 19 nitrogen and oxygen atoms in total. The molecule has 9 heterocycles. The van der Waals surface area contributed by atoms with E-state index < -0.39 is 5.97 Å². The minimum absolute atomic E-state index is 0. The summed E-state index contributed by atoms with van der Waals surface area (Å²) in [5.74, 6) is 4.94. The molecule has 4 saturated heterocycles. The minimum atomic E-state index is -0.897. The third-order valence-electron chi connectivity index (χ3n) is 25.8. The molecule has 11 fully saturated rings. The normalized spacial score (nSPS) is 25.0. The van der Waals surface area contributed by atoms with Crippen LogP contribution in [-0.2, 0) is 43.5 Å². The summed E-state index contributed by atoms with van der Waals surface area (Å²) >= 11 is 42.4. The second-order valence-electron chi connectivity index (χ2n) is 33.2. The van der Waals surface area contributed by atoms with Crippen molar-refractivity contribution < 1.29 is 51.9 Å². The first-order chi connectivity index (χ1) is 55.6. The number of rotatable bonds is 21. The lowest BCUT2D eigenvalue weighted by molar-refractivity contribution is 0.00913. The van der Waals surface area contributed by atoms with E-state index in [2.05, 4.69) is 36.7 Å². The molecular formula is C87H91Cl7N8O11S2. The summed E-state index contributed by atoms with van der Waals surface area (Å²) < 4.78 is 49.9. The molecule has 28 heteroatoms. The first-order valence-electron chi connectivity index (χ1n) is 40.8. The molecule has 11 aliphatic rings. The van der Waals surface area contributed by atoms with Gasteiger partial charge in [-0.25, -0.2) is 19.6 Å². The van der Waals surface area contributed by atoms with Gasteiger partial charge in [-0.3, -0.25) is 0 Å². The van der Waals surface area contributed by atoms with Gasteiger partial charge in [0.15, 0.2) is 10.3 Å². The topological polar surface area (TPSA) is 223 Å². The van der Waals surface area contributed by atoms with E-state index in [1.807, 2.05) is 66.7 Å². The number of carbonyl (C=O) groups excluding carboxylic acids is 1. The fourth-order valence-electron chi connectivity index (χ4n) is 19.5.